The Balaban J connectivity index is 1.67. The number of anilines is 1. The summed E-state index contributed by atoms with van der Waals surface area (Å²) in [6.07, 6.45) is 9.76. The maximum absolute atomic E-state index is 5.02. The number of fused-ring (bicyclic) bond motifs is 1. The third-order valence-corrected chi connectivity index (χ3v) is 5.76. The monoisotopic (exact) mass is 396 g/mol. The Labute approximate surface area is 178 Å². The van der Waals surface area contributed by atoms with Crippen LogP contribution in [0.25, 0.3) is 16.9 Å². The molecular weight excluding hydrogens is 368 g/mol. The summed E-state index contributed by atoms with van der Waals surface area (Å²) in [5, 5.41) is 3.70. The van der Waals surface area contributed by atoms with E-state index in [9.17, 15) is 0 Å². The third-order valence-electron chi connectivity index (χ3n) is 5.76. The van der Waals surface area contributed by atoms with E-state index in [2.05, 4.69) is 77.9 Å². The summed E-state index contributed by atoms with van der Waals surface area (Å²) in [6, 6.07) is 16.1. The molecule has 4 aromatic rings. The molecule has 0 unspecified atom stereocenters. The number of hydrogen-bond acceptors (Lipinski definition) is 3. The number of nitrogens with zero attached hydrogens (tertiary/aromatic N) is 3. The number of benzene rings is 2. The van der Waals surface area contributed by atoms with Gasteiger partial charge in [-0.05, 0) is 74.8 Å². The van der Waals surface area contributed by atoms with E-state index in [4.69, 9.17) is 4.98 Å². The Kier molecular flexibility index (Phi) is 4.58. The lowest BCUT2D eigenvalue weighted by Gasteiger charge is -2.23. The van der Waals surface area contributed by atoms with Crippen LogP contribution < -0.4 is 5.32 Å². The molecule has 0 saturated heterocycles. The molecule has 4 aliphatic carbocycles. The van der Waals surface area contributed by atoms with E-state index in [1.807, 2.05) is 18.6 Å². The zero-order valence-electron chi connectivity index (χ0n) is 17.9. The topological polar surface area (TPSA) is 42.2 Å². The average molecular weight is 397 g/mol. The van der Waals surface area contributed by atoms with E-state index in [0.29, 0.717) is 0 Å². The van der Waals surface area contributed by atoms with Crippen molar-refractivity contribution in [2.45, 2.75) is 52.0 Å². The van der Waals surface area contributed by atoms with Gasteiger partial charge >= 0.3 is 0 Å². The molecule has 4 nitrogen and oxygen atoms in total. The van der Waals surface area contributed by atoms with Crippen LogP contribution in [0.2, 0.25) is 0 Å². The van der Waals surface area contributed by atoms with Crippen LogP contribution >= 0.6 is 0 Å². The molecule has 0 saturated carbocycles. The number of rotatable bonds is 2. The zero-order valence-corrected chi connectivity index (χ0v) is 17.9. The molecule has 4 bridgehead atoms. The summed E-state index contributed by atoms with van der Waals surface area (Å²) in [7, 11) is 0. The van der Waals surface area contributed by atoms with Gasteiger partial charge in [0.2, 0.25) is 0 Å². The number of aryl methyl sites for hydroxylation is 4. The Morgan fingerprint density at radius 2 is 1.53 bits per heavy atom. The average Bonchev–Trinajstić information content (AvgIpc) is 3.07. The zero-order chi connectivity index (χ0) is 20.7. The van der Waals surface area contributed by atoms with Gasteiger partial charge in [0.05, 0.1) is 6.20 Å². The quantitative estimate of drug-likeness (QED) is 0.487. The fourth-order valence-corrected chi connectivity index (χ4v) is 4.23. The standard InChI is InChI=1S/C26H28N4/c1-26(2,3)29-25-24(28-23-17-27-14-15-30(23)25)22-16-20-9-8-18-4-6-19(7-5-18)10-12-21(22)13-11-20/h4-7,11,13-17,29H,8-10,12H2,1-3H3. The van der Waals surface area contributed by atoms with Crippen molar-refractivity contribution in [2.24, 2.45) is 0 Å². The largest absolute Gasteiger partial charge is 0.365 e. The molecule has 0 spiro atoms. The SMILES string of the molecule is CC(C)(C)Nc1c(-c2cc3ccc2CCc2ccc(cc2)CC3)nc2cnccn12. The van der Waals surface area contributed by atoms with Crippen molar-refractivity contribution in [3.63, 3.8) is 0 Å². The fourth-order valence-electron chi connectivity index (χ4n) is 4.23. The van der Waals surface area contributed by atoms with Crippen LogP contribution in [0.5, 0.6) is 0 Å². The van der Waals surface area contributed by atoms with Crippen molar-refractivity contribution in [3.05, 3.63) is 83.3 Å². The highest BCUT2D eigenvalue weighted by Crippen LogP contribution is 2.34. The molecule has 30 heavy (non-hydrogen) atoms. The van der Waals surface area contributed by atoms with Gasteiger partial charge in [0, 0.05) is 23.5 Å². The second kappa shape index (κ2) is 7.28. The van der Waals surface area contributed by atoms with E-state index in [-0.39, 0.29) is 5.54 Å². The molecule has 152 valence electrons. The molecule has 0 fully saturated rings. The summed E-state index contributed by atoms with van der Waals surface area (Å²) < 4.78 is 2.12. The predicted octanol–water partition coefficient (Wildman–Crippen LogP) is 5.49. The Hall–Kier alpha value is -3.14. The van der Waals surface area contributed by atoms with E-state index < -0.39 is 0 Å². The minimum Gasteiger partial charge on any atom is -0.365 e. The van der Waals surface area contributed by atoms with Crippen LogP contribution in [0.4, 0.5) is 5.82 Å². The van der Waals surface area contributed by atoms with Crippen LogP contribution in [0.3, 0.4) is 0 Å². The Morgan fingerprint density at radius 3 is 2.27 bits per heavy atom. The molecule has 8 rings (SSSR count). The highest BCUT2D eigenvalue weighted by molar-refractivity contribution is 5.79. The molecule has 2 aromatic carbocycles. The van der Waals surface area contributed by atoms with Crippen molar-refractivity contribution in [2.75, 3.05) is 5.32 Å². The Bertz CT molecular complexity index is 1200. The van der Waals surface area contributed by atoms with Gasteiger partial charge in [-0.1, -0.05) is 36.4 Å². The number of aromatic nitrogens is 3. The molecule has 0 radical (unpaired) electrons. The first-order valence-corrected chi connectivity index (χ1v) is 10.8. The lowest BCUT2D eigenvalue weighted by atomic mass is 9.92. The molecule has 2 aromatic heterocycles. The van der Waals surface area contributed by atoms with E-state index in [1.54, 1.807) is 0 Å². The highest BCUT2D eigenvalue weighted by atomic mass is 15.2. The summed E-state index contributed by atoms with van der Waals surface area (Å²) in [4.78, 5) is 9.31. The Morgan fingerprint density at radius 1 is 0.867 bits per heavy atom. The predicted molar refractivity (Wildman–Crippen MR) is 123 cm³/mol. The van der Waals surface area contributed by atoms with Gasteiger partial charge in [-0.3, -0.25) is 9.38 Å². The van der Waals surface area contributed by atoms with Gasteiger partial charge in [0.25, 0.3) is 0 Å². The van der Waals surface area contributed by atoms with Crippen molar-refractivity contribution >= 4 is 11.5 Å². The lowest BCUT2D eigenvalue weighted by Crippen LogP contribution is -2.27. The summed E-state index contributed by atoms with van der Waals surface area (Å²) in [5.74, 6) is 1.04. The molecular formula is C26H28N4. The van der Waals surface area contributed by atoms with Crippen molar-refractivity contribution < 1.29 is 0 Å². The second-order valence-corrected chi connectivity index (χ2v) is 9.30. The van der Waals surface area contributed by atoms with Gasteiger partial charge in [-0.15, -0.1) is 0 Å². The van der Waals surface area contributed by atoms with Crippen molar-refractivity contribution in [1.82, 2.24) is 14.4 Å². The fraction of sp³-hybridized carbons (Fsp3) is 0.308. The smallest absolute Gasteiger partial charge is 0.157 e. The maximum atomic E-state index is 5.02. The molecule has 1 N–H and O–H groups in total. The van der Waals surface area contributed by atoms with Crippen LogP contribution in [0.1, 0.15) is 43.0 Å². The first-order valence-electron chi connectivity index (χ1n) is 10.8. The van der Waals surface area contributed by atoms with E-state index >= 15 is 0 Å². The van der Waals surface area contributed by atoms with Gasteiger partial charge in [-0.25, -0.2) is 4.98 Å². The van der Waals surface area contributed by atoms with Gasteiger partial charge in [0.1, 0.15) is 11.5 Å². The summed E-state index contributed by atoms with van der Waals surface area (Å²) in [5.41, 5.74) is 8.53. The van der Waals surface area contributed by atoms with E-state index in [0.717, 1.165) is 42.8 Å². The first kappa shape index (κ1) is 18.9. The lowest BCUT2D eigenvalue weighted by molar-refractivity contribution is 0.629. The van der Waals surface area contributed by atoms with Crippen molar-refractivity contribution in [3.8, 4) is 11.3 Å². The molecule has 0 atom stereocenters. The molecule has 0 amide bonds. The first-order chi connectivity index (χ1) is 14.5. The highest BCUT2D eigenvalue weighted by Gasteiger charge is 2.21. The third kappa shape index (κ3) is 3.70. The normalized spacial score (nSPS) is 14.0. The minimum absolute atomic E-state index is 0.0756. The van der Waals surface area contributed by atoms with Crippen LogP contribution in [-0.4, -0.2) is 19.9 Å². The second-order valence-electron chi connectivity index (χ2n) is 9.30. The molecule has 4 heteroatoms. The molecule has 0 aliphatic heterocycles. The van der Waals surface area contributed by atoms with E-state index in [1.165, 1.54) is 27.8 Å². The summed E-state index contributed by atoms with van der Waals surface area (Å²) in [6.45, 7) is 6.55. The minimum atomic E-state index is -0.0756. The van der Waals surface area contributed by atoms with Crippen LogP contribution in [0.15, 0.2) is 61.1 Å². The number of hydrogen-bond donors (Lipinski definition) is 1. The van der Waals surface area contributed by atoms with Gasteiger partial charge in [0.15, 0.2) is 5.65 Å². The summed E-state index contributed by atoms with van der Waals surface area (Å²) >= 11 is 0. The van der Waals surface area contributed by atoms with Crippen LogP contribution in [-0.2, 0) is 25.7 Å². The maximum Gasteiger partial charge on any atom is 0.157 e. The van der Waals surface area contributed by atoms with Crippen molar-refractivity contribution in [1.29, 1.82) is 0 Å². The van der Waals surface area contributed by atoms with Crippen LogP contribution in [0, 0.1) is 0 Å². The van der Waals surface area contributed by atoms with Gasteiger partial charge < -0.3 is 5.32 Å². The number of nitrogens with one attached hydrogen (secondary N) is 1. The van der Waals surface area contributed by atoms with Gasteiger partial charge in [-0.2, -0.15) is 0 Å². The molecule has 4 aliphatic rings. The molecule has 2 heterocycles. The number of imidazole rings is 1.